The van der Waals surface area contributed by atoms with Crippen LogP contribution in [0.1, 0.15) is 56.1 Å². The van der Waals surface area contributed by atoms with Gasteiger partial charge in [0, 0.05) is 37.3 Å². The molecule has 1 saturated carbocycles. The summed E-state index contributed by atoms with van der Waals surface area (Å²) in [5.74, 6) is 0.786. The molecule has 0 radical (unpaired) electrons. The van der Waals surface area contributed by atoms with Crippen LogP contribution in [0.3, 0.4) is 0 Å². The number of fused-ring (bicyclic) bond motifs is 2. The average molecular weight is 381 g/mol. The van der Waals surface area contributed by atoms with Gasteiger partial charge >= 0.3 is 0 Å². The van der Waals surface area contributed by atoms with E-state index in [9.17, 15) is 4.79 Å². The first-order valence-corrected chi connectivity index (χ1v) is 11.2. The fourth-order valence-corrected chi connectivity index (χ4v) is 6.05. The molecule has 0 spiro atoms. The van der Waals surface area contributed by atoms with Crippen LogP contribution in [-0.4, -0.2) is 41.5 Å². The van der Waals surface area contributed by atoms with Gasteiger partial charge in [-0.15, -0.1) is 0 Å². The van der Waals surface area contributed by atoms with Crippen LogP contribution < -0.4 is 5.43 Å². The molecule has 0 N–H and O–H groups in total. The van der Waals surface area contributed by atoms with E-state index in [-0.39, 0.29) is 5.43 Å². The third kappa shape index (κ3) is 3.31. The van der Waals surface area contributed by atoms with Crippen LogP contribution >= 0.6 is 0 Å². The second-order valence-corrected chi connectivity index (χ2v) is 9.19. The highest BCUT2D eigenvalue weighted by Gasteiger charge is 2.43. The van der Waals surface area contributed by atoms with E-state index >= 15 is 0 Å². The molecule has 28 heavy (non-hydrogen) atoms. The first kappa shape index (κ1) is 18.4. The topological polar surface area (TPSA) is 36.7 Å². The first-order valence-electron chi connectivity index (χ1n) is 11.2. The minimum absolute atomic E-state index is 0.154. The fourth-order valence-electron chi connectivity index (χ4n) is 6.05. The van der Waals surface area contributed by atoms with Gasteiger partial charge in [0.2, 0.25) is 0 Å². The molecular formula is C24H32N2O2. The summed E-state index contributed by atoms with van der Waals surface area (Å²) in [6.07, 6.45) is 11.2. The van der Waals surface area contributed by atoms with E-state index < -0.39 is 0 Å². The Labute approximate surface area is 167 Å². The van der Waals surface area contributed by atoms with E-state index in [4.69, 9.17) is 4.42 Å². The van der Waals surface area contributed by atoms with Gasteiger partial charge in [-0.25, -0.2) is 0 Å². The zero-order chi connectivity index (χ0) is 19.1. The summed E-state index contributed by atoms with van der Waals surface area (Å²) in [5, 5.41) is 0.728. The third-order valence-corrected chi connectivity index (χ3v) is 7.41. The lowest BCUT2D eigenvalue weighted by Gasteiger charge is -2.49. The molecule has 2 aromatic rings. The van der Waals surface area contributed by atoms with Crippen LogP contribution in [0.2, 0.25) is 0 Å². The fraction of sp³-hybridized carbons (Fsp3) is 0.625. The Kier molecular flexibility index (Phi) is 5.02. The molecule has 2 aliphatic heterocycles. The average Bonchev–Trinajstić information content (AvgIpc) is 3.20. The Hall–Kier alpha value is -1.65. The van der Waals surface area contributed by atoms with Crippen molar-refractivity contribution in [2.45, 2.75) is 70.5 Å². The van der Waals surface area contributed by atoms with E-state index in [1.807, 2.05) is 25.1 Å². The maximum Gasteiger partial charge on any atom is 0.197 e. The van der Waals surface area contributed by atoms with Crippen LogP contribution in [0.15, 0.2) is 33.7 Å². The monoisotopic (exact) mass is 380 g/mol. The van der Waals surface area contributed by atoms with Gasteiger partial charge in [0.25, 0.3) is 0 Å². The number of hydrogen-bond acceptors (Lipinski definition) is 4. The molecule has 5 rings (SSSR count). The Balaban J connectivity index is 1.46. The highest BCUT2D eigenvalue weighted by Crippen LogP contribution is 2.38. The quantitative estimate of drug-likeness (QED) is 0.794. The Morgan fingerprint density at radius 2 is 1.89 bits per heavy atom. The maximum atomic E-state index is 13.2. The van der Waals surface area contributed by atoms with Crippen molar-refractivity contribution in [2.75, 3.05) is 19.6 Å². The van der Waals surface area contributed by atoms with Gasteiger partial charge < -0.3 is 4.42 Å². The second-order valence-electron chi connectivity index (χ2n) is 9.19. The lowest BCUT2D eigenvalue weighted by atomic mass is 9.78. The molecule has 3 aliphatic rings. The zero-order valence-corrected chi connectivity index (χ0v) is 17.0. The summed E-state index contributed by atoms with van der Waals surface area (Å²) < 4.78 is 5.85. The molecule has 0 amide bonds. The Morgan fingerprint density at radius 1 is 1.04 bits per heavy atom. The molecule has 4 nitrogen and oxygen atoms in total. The van der Waals surface area contributed by atoms with Crippen molar-refractivity contribution >= 4 is 11.0 Å². The van der Waals surface area contributed by atoms with Gasteiger partial charge in [-0.2, -0.15) is 0 Å². The minimum atomic E-state index is 0.154. The summed E-state index contributed by atoms with van der Waals surface area (Å²) in [6, 6.07) is 7.18. The van der Waals surface area contributed by atoms with Crippen LogP contribution in [0.5, 0.6) is 0 Å². The molecule has 1 aliphatic carbocycles. The van der Waals surface area contributed by atoms with Crippen LogP contribution in [0.4, 0.5) is 0 Å². The summed E-state index contributed by atoms with van der Waals surface area (Å²) >= 11 is 0. The number of nitrogens with zero attached hydrogens (tertiary/aromatic N) is 2. The summed E-state index contributed by atoms with van der Waals surface area (Å²) in [7, 11) is 0. The van der Waals surface area contributed by atoms with Crippen molar-refractivity contribution < 1.29 is 4.42 Å². The van der Waals surface area contributed by atoms with Crippen molar-refractivity contribution in [2.24, 2.45) is 5.92 Å². The van der Waals surface area contributed by atoms with E-state index in [1.54, 1.807) is 6.26 Å². The zero-order valence-electron chi connectivity index (χ0n) is 17.0. The lowest BCUT2D eigenvalue weighted by Crippen LogP contribution is -2.59. The second kappa shape index (κ2) is 7.64. The predicted octanol–water partition coefficient (Wildman–Crippen LogP) is 4.33. The van der Waals surface area contributed by atoms with Crippen molar-refractivity contribution in [3.8, 4) is 0 Å². The molecule has 1 aromatic carbocycles. The SMILES string of the molecule is Cc1ccc2occ(CN3CCN4CCC[C@H]4[C@H]3C3CCCCC3)c(=O)c2c1. The molecule has 2 saturated heterocycles. The largest absolute Gasteiger partial charge is 0.464 e. The summed E-state index contributed by atoms with van der Waals surface area (Å²) in [4.78, 5) is 18.5. The third-order valence-electron chi connectivity index (χ3n) is 7.41. The van der Waals surface area contributed by atoms with Crippen molar-refractivity contribution in [3.63, 3.8) is 0 Å². The Bertz CT molecular complexity index is 899. The van der Waals surface area contributed by atoms with Crippen LogP contribution in [-0.2, 0) is 6.54 Å². The molecule has 2 atom stereocenters. The number of rotatable bonds is 3. The highest BCUT2D eigenvalue weighted by molar-refractivity contribution is 5.77. The predicted molar refractivity (Wildman–Crippen MR) is 113 cm³/mol. The van der Waals surface area contributed by atoms with E-state index in [1.165, 1.54) is 51.5 Å². The van der Waals surface area contributed by atoms with Gasteiger partial charge in [0.15, 0.2) is 5.43 Å². The van der Waals surface area contributed by atoms with Crippen molar-refractivity contribution in [1.29, 1.82) is 0 Å². The minimum Gasteiger partial charge on any atom is -0.464 e. The van der Waals surface area contributed by atoms with Crippen molar-refractivity contribution in [3.05, 3.63) is 45.8 Å². The summed E-state index contributed by atoms with van der Waals surface area (Å²) in [5.41, 5.74) is 2.78. The normalized spacial score (nSPS) is 27.3. The molecule has 3 fully saturated rings. The number of aryl methyl sites for hydroxylation is 1. The molecule has 0 bridgehead atoms. The van der Waals surface area contributed by atoms with Gasteiger partial charge in [-0.1, -0.05) is 30.9 Å². The lowest BCUT2D eigenvalue weighted by molar-refractivity contribution is -0.00416. The summed E-state index contributed by atoms with van der Waals surface area (Å²) in [6.45, 7) is 6.25. The maximum absolute atomic E-state index is 13.2. The standard InChI is InChI=1S/C24H32N2O2/c1-17-9-10-22-20(14-17)24(27)19(16-28-22)15-26-13-12-25-11-5-8-21(25)23(26)18-6-3-2-4-7-18/h9-10,14,16,18,21,23H,2-8,11-13,15H2,1H3/t21-,23+/m0/s1. The molecule has 1 aromatic heterocycles. The van der Waals surface area contributed by atoms with E-state index in [2.05, 4.69) is 9.80 Å². The number of benzene rings is 1. The van der Waals surface area contributed by atoms with E-state index in [0.717, 1.165) is 42.1 Å². The number of hydrogen-bond donors (Lipinski definition) is 0. The molecule has 4 heteroatoms. The van der Waals surface area contributed by atoms with Gasteiger partial charge in [0.05, 0.1) is 11.6 Å². The number of piperazine rings is 1. The first-order chi connectivity index (χ1) is 13.7. The molecule has 3 heterocycles. The van der Waals surface area contributed by atoms with Crippen LogP contribution in [0.25, 0.3) is 11.0 Å². The van der Waals surface area contributed by atoms with Gasteiger partial charge in [0.1, 0.15) is 5.58 Å². The Morgan fingerprint density at radius 3 is 2.75 bits per heavy atom. The molecular weight excluding hydrogens is 348 g/mol. The van der Waals surface area contributed by atoms with Crippen LogP contribution in [0, 0.1) is 12.8 Å². The highest BCUT2D eigenvalue weighted by atomic mass is 16.3. The molecule has 150 valence electrons. The molecule has 0 unspecified atom stereocenters. The smallest absolute Gasteiger partial charge is 0.197 e. The van der Waals surface area contributed by atoms with Gasteiger partial charge in [-0.3, -0.25) is 14.6 Å². The van der Waals surface area contributed by atoms with Crippen molar-refractivity contribution in [1.82, 2.24) is 9.80 Å². The van der Waals surface area contributed by atoms with E-state index in [0.29, 0.717) is 17.7 Å². The van der Waals surface area contributed by atoms with Gasteiger partial charge in [-0.05, 0) is 57.2 Å².